The van der Waals surface area contributed by atoms with Crippen molar-refractivity contribution < 1.29 is 4.55 Å². The minimum absolute atomic E-state index is 0.128. The van der Waals surface area contributed by atoms with E-state index in [1.165, 1.54) is 0 Å². The fraction of sp³-hybridized carbons (Fsp3) is 0.875. The first-order valence-corrected chi connectivity index (χ1v) is 5.08. The summed E-state index contributed by atoms with van der Waals surface area (Å²) in [6.45, 7) is 9.85. The van der Waals surface area contributed by atoms with E-state index in [0.29, 0.717) is 5.92 Å². The molecule has 0 heterocycles. The van der Waals surface area contributed by atoms with Crippen LogP contribution < -0.4 is 0 Å². The van der Waals surface area contributed by atoms with Crippen LogP contribution >= 0.6 is 0 Å². The molecule has 0 fully saturated rings. The molecule has 0 amide bonds. The molecular formula is C8H17NOS. The van der Waals surface area contributed by atoms with E-state index in [-0.39, 0.29) is 5.25 Å². The van der Waals surface area contributed by atoms with Gasteiger partial charge in [0.1, 0.15) is 5.25 Å². The zero-order valence-corrected chi connectivity index (χ0v) is 8.73. The highest BCUT2D eigenvalue weighted by molar-refractivity contribution is 7.90. The molecule has 0 radical (unpaired) electrons. The summed E-state index contributed by atoms with van der Waals surface area (Å²) in [6, 6.07) is 0. The molecule has 1 atom stereocenters. The second-order valence-corrected chi connectivity index (χ2v) is 4.89. The maximum absolute atomic E-state index is 11.2. The minimum atomic E-state index is -1.03. The van der Waals surface area contributed by atoms with Gasteiger partial charge in [0.05, 0.1) is 17.1 Å². The van der Waals surface area contributed by atoms with Gasteiger partial charge in [-0.25, -0.2) is 0 Å². The van der Waals surface area contributed by atoms with Crippen LogP contribution in [0.1, 0.15) is 34.6 Å². The van der Waals surface area contributed by atoms with Gasteiger partial charge < -0.3 is 4.55 Å². The monoisotopic (exact) mass is 175 g/mol. The van der Waals surface area contributed by atoms with Crippen molar-refractivity contribution in [3.8, 4) is 0 Å². The maximum atomic E-state index is 11.2. The normalized spacial score (nSPS) is 16.2. The van der Waals surface area contributed by atoms with Crippen LogP contribution in [-0.2, 0) is 11.4 Å². The van der Waals surface area contributed by atoms with Crippen LogP contribution in [0.2, 0.25) is 0 Å². The van der Waals surface area contributed by atoms with Crippen LogP contribution in [0.15, 0.2) is 4.40 Å². The first-order valence-electron chi connectivity index (χ1n) is 3.91. The fourth-order valence-corrected chi connectivity index (χ4v) is 1.06. The number of hydrogen-bond acceptors (Lipinski definition) is 2. The zero-order valence-electron chi connectivity index (χ0n) is 7.92. The third-order valence-electron chi connectivity index (χ3n) is 1.47. The molecule has 0 aliphatic carbocycles. The Morgan fingerprint density at radius 2 is 1.73 bits per heavy atom. The van der Waals surface area contributed by atoms with E-state index in [2.05, 4.69) is 18.2 Å². The molecule has 0 rings (SSSR count). The molecule has 11 heavy (non-hydrogen) atoms. The van der Waals surface area contributed by atoms with E-state index in [9.17, 15) is 4.55 Å². The number of nitrogens with zero attached hydrogens (tertiary/aromatic N) is 1. The summed E-state index contributed by atoms with van der Waals surface area (Å²) < 4.78 is 15.2. The van der Waals surface area contributed by atoms with E-state index >= 15 is 0 Å². The van der Waals surface area contributed by atoms with Crippen molar-refractivity contribution in [1.82, 2.24) is 0 Å². The van der Waals surface area contributed by atoms with Crippen molar-refractivity contribution in [2.75, 3.05) is 0 Å². The molecule has 0 saturated heterocycles. The molecule has 66 valence electrons. The highest BCUT2D eigenvalue weighted by atomic mass is 32.2. The van der Waals surface area contributed by atoms with Crippen molar-refractivity contribution in [3.05, 3.63) is 0 Å². The summed E-state index contributed by atoms with van der Waals surface area (Å²) in [7, 11) is 0. The van der Waals surface area contributed by atoms with Crippen LogP contribution in [0.5, 0.6) is 0 Å². The molecule has 0 aliphatic heterocycles. The summed E-state index contributed by atoms with van der Waals surface area (Å²) in [5.41, 5.74) is 0.969. The fourth-order valence-electron chi connectivity index (χ4n) is 0.353. The highest BCUT2D eigenvalue weighted by Gasteiger charge is 2.11. The van der Waals surface area contributed by atoms with Gasteiger partial charge in [-0.3, -0.25) is 0 Å². The van der Waals surface area contributed by atoms with Gasteiger partial charge in [0, 0.05) is 0 Å². The summed E-state index contributed by atoms with van der Waals surface area (Å²) in [5, 5.41) is 0.128. The van der Waals surface area contributed by atoms with Crippen LogP contribution in [0, 0.1) is 5.92 Å². The average Bonchev–Trinajstić information content (AvgIpc) is 1.87. The average molecular weight is 175 g/mol. The lowest BCUT2D eigenvalue weighted by Crippen LogP contribution is -2.14. The van der Waals surface area contributed by atoms with Crippen LogP contribution in [0.4, 0.5) is 0 Å². The highest BCUT2D eigenvalue weighted by Crippen LogP contribution is 2.06. The van der Waals surface area contributed by atoms with Gasteiger partial charge >= 0.3 is 0 Å². The SMILES string of the molecule is C/C(=N/[S+]([O-])C(C)C)C(C)C. The Kier molecular flexibility index (Phi) is 4.77. The van der Waals surface area contributed by atoms with E-state index in [0.717, 1.165) is 5.71 Å². The standard InChI is InChI=1S/C8H17NOS/c1-6(2)8(5)9-11(10)7(3)4/h6-7H,1-5H3/b9-8-. The lowest BCUT2D eigenvalue weighted by Gasteiger charge is -2.09. The second kappa shape index (κ2) is 4.78. The first kappa shape index (κ1) is 11.0. The molecule has 3 heteroatoms. The Morgan fingerprint density at radius 1 is 1.27 bits per heavy atom. The van der Waals surface area contributed by atoms with Crippen molar-refractivity contribution in [2.45, 2.75) is 39.9 Å². The number of rotatable bonds is 3. The lowest BCUT2D eigenvalue weighted by atomic mass is 10.1. The van der Waals surface area contributed by atoms with E-state index in [1.807, 2.05) is 20.8 Å². The molecule has 0 N–H and O–H groups in total. The lowest BCUT2D eigenvalue weighted by molar-refractivity contribution is 0.588. The Morgan fingerprint density at radius 3 is 2.00 bits per heavy atom. The molecule has 0 aromatic rings. The topological polar surface area (TPSA) is 35.4 Å². The van der Waals surface area contributed by atoms with Gasteiger partial charge in [-0.15, -0.1) is 0 Å². The van der Waals surface area contributed by atoms with Gasteiger partial charge in [-0.05, 0) is 26.7 Å². The maximum Gasteiger partial charge on any atom is 0.137 e. The van der Waals surface area contributed by atoms with Crippen LogP contribution in [-0.4, -0.2) is 15.5 Å². The molecule has 0 aromatic carbocycles. The molecule has 1 unspecified atom stereocenters. The van der Waals surface area contributed by atoms with E-state index < -0.39 is 11.4 Å². The molecule has 2 nitrogen and oxygen atoms in total. The number of hydrogen-bond donors (Lipinski definition) is 0. The summed E-state index contributed by atoms with van der Waals surface area (Å²) in [5.74, 6) is 0.401. The predicted molar refractivity (Wildman–Crippen MR) is 51.2 cm³/mol. The smallest absolute Gasteiger partial charge is 0.137 e. The summed E-state index contributed by atoms with van der Waals surface area (Å²) in [6.07, 6.45) is 0. The molecule has 0 bridgehead atoms. The van der Waals surface area contributed by atoms with Crippen molar-refractivity contribution in [2.24, 2.45) is 10.3 Å². The van der Waals surface area contributed by atoms with Gasteiger partial charge in [0.2, 0.25) is 0 Å². The largest absolute Gasteiger partial charge is 0.591 e. The predicted octanol–water partition coefficient (Wildman–Crippen LogP) is 2.18. The van der Waals surface area contributed by atoms with Crippen LogP contribution in [0.3, 0.4) is 0 Å². The Bertz CT molecular complexity index is 143. The molecule has 0 aliphatic rings. The van der Waals surface area contributed by atoms with Gasteiger partial charge in [0.25, 0.3) is 0 Å². The van der Waals surface area contributed by atoms with E-state index in [1.54, 1.807) is 0 Å². The molecule has 0 aromatic heterocycles. The molecule has 0 saturated carbocycles. The minimum Gasteiger partial charge on any atom is -0.591 e. The second-order valence-electron chi connectivity index (χ2n) is 3.21. The zero-order chi connectivity index (χ0) is 9.02. The van der Waals surface area contributed by atoms with Crippen molar-refractivity contribution in [1.29, 1.82) is 0 Å². The van der Waals surface area contributed by atoms with E-state index in [4.69, 9.17) is 0 Å². The Hall–Kier alpha value is -0.0200. The van der Waals surface area contributed by atoms with Gasteiger partial charge in [0.15, 0.2) is 0 Å². The van der Waals surface area contributed by atoms with Gasteiger partial charge in [-0.2, -0.15) is 0 Å². The molecule has 0 spiro atoms. The third-order valence-corrected chi connectivity index (χ3v) is 2.75. The first-order chi connectivity index (χ1) is 4.95. The molecular weight excluding hydrogens is 158 g/mol. The van der Waals surface area contributed by atoms with Crippen LogP contribution in [0.25, 0.3) is 0 Å². The Balaban J connectivity index is 4.07. The summed E-state index contributed by atoms with van der Waals surface area (Å²) in [4.78, 5) is 0. The Labute approximate surface area is 72.4 Å². The summed E-state index contributed by atoms with van der Waals surface area (Å²) >= 11 is -1.03. The van der Waals surface area contributed by atoms with Crippen molar-refractivity contribution in [3.63, 3.8) is 0 Å². The van der Waals surface area contributed by atoms with Gasteiger partial charge in [-0.1, -0.05) is 18.2 Å². The quantitative estimate of drug-likeness (QED) is 0.478. The third kappa shape index (κ3) is 4.43. The van der Waals surface area contributed by atoms with Crippen molar-refractivity contribution >= 4 is 17.1 Å².